The zero-order valence-corrected chi connectivity index (χ0v) is 14.8. The van der Waals surface area contributed by atoms with E-state index in [2.05, 4.69) is 17.3 Å². The Kier molecular flexibility index (Phi) is 5.07. The minimum Gasteiger partial charge on any atom is -0.349 e. The number of aryl methyl sites for hydroxylation is 1. The molecule has 0 bridgehead atoms. The molecule has 0 spiro atoms. The first kappa shape index (κ1) is 18.5. The SMILES string of the molecule is Cc1ccc(-n2ncc(C(=O)NC3CCC(C)CC3)c2C(F)(F)F)cc1. The fourth-order valence-corrected chi connectivity index (χ4v) is 3.34. The van der Waals surface area contributed by atoms with Gasteiger partial charge in [-0.1, -0.05) is 24.6 Å². The first-order valence-electron chi connectivity index (χ1n) is 8.79. The van der Waals surface area contributed by atoms with Crippen molar-refractivity contribution in [3.63, 3.8) is 0 Å². The number of aromatic nitrogens is 2. The summed E-state index contributed by atoms with van der Waals surface area (Å²) in [5.41, 5.74) is -0.271. The number of amides is 1. The van der Waals surface area contributed by atoms with Crippen LogP contribution in [0.2, 0.25) is 0 Å². The summed E-state index contributed by atoms with van der Waals surface area (Å²) in [6.07, 6.45) is -0.154. The van der Waals surface area contributed by atoms with Gasteiger partial charge in [0.15, 0.2) is 5.69 Å². The molecule has 4 nitrogen and oxygen atoms in total. The highest BCUT2D eigenvalue weighted by Crippen LogP contribution is 2.34. The largest absolute Gasteiger partial charge is 0.434 e. The van der Waals surface area contributed by atoms with Gasteiger partial charge in [0.2, 0.25) is 0 Å². The van der Waals surface area contributed by atoms with Crippen LogP contribution in [-0.4, -0.2) is 21.7 Å². The lowest BCUT2D eigenvalue weighted by Gasteiger charge is -2.27. The van der Waals surface area contributed by atoms with Crippen molar-refractivity contribution in [2.75, 3.05) is 0 Å². The molecule has 2 aromatic rings. The van der Waals surface area contributed by atoms with Crippen molar-refractivity contribution in [2.45, 2.75) is 51.7 Å². The van der Waals surface area contributed by atoms with Gasteiger partial charge < -0.3 is 5.32 Å². The minimum atomic E-state index is -4.69. The van der Waals surface area contributed by atoms with Gasteiger partial charge in [0.1, 0.15) is 0 Å². The number of hydrogen-bond donors (Lipinski definition) is 1. The van der Waals surface area contributed by atoms with Crippen LogP contribution in [0.1, 0.15) is 54.2 Å². The van der Waals surface area contributed by atoms with Gasteiger partial charge >= 0.3 is 6.18 Å². The van der Waals surface area contributed by atoms with Gasteiger partial charge in [-0.25, -0.2) is 4.68 Å². The third-order valence-corrected chi connectivity index (χ3v) is 4.91. The number of carbonyl (C=O) groups excluding carboxylic acids is 1. The van der Waals surface area contributed by atoms with E-state index >= 15 is 0 Å². The van der Waals surface area contributed by atoms with Crippen LogP contribution in [0.5, 0.6) is 0 Å². The first-order chi connectivity index (χ1) is 12.3. The number of carbonyl (C=O) groups is 1. The van der Waals surface area contributed by atoms with Crippen molar-refractivity contribution >= 4 is 5.91 Å². The van der Waals surface area contributed by atoms with E-state index in [-0.39, 0.29) is 11.7 Å². The van der Waals surface area contributed by atoms with Crippen molar-refractivity contribution in [1.29, 1.82) is 0 Å². The Labute approximate surface area is 150 Å². The fourth-order valence-electron chi connectivity index (χ4n) is 3.34. The molecule has 1 aliphatic rings. The molecule has 26 heavy (non-hydrogen) atoms. The van der Waals surface area contributed by atoms with E-state index in [0.29, 0.717) is 5.92 Å². The Morgan fingerprint density at radius 3 is 2.35 bits per heavy atom. The lowest BCUT2D eigenvalue weighted by molar-refractivity contribution is -0.143. The summed E-state index contributed by atoms with van der Waals surface area (Å²) in [7, 11) is 0. The molecule has 3 rings (SSSR count). The lowest BCUT2D eigenvalue weighted by atomic mass is 9.87. The van der Waals surface area contributed by atoms with Crippen molar-refractivity contribution in [3.05, 3.63) is 47.3 Å². The van der Waals surface area contributed by atoms with E-state index in [4.69, 9.17) is 0 Å². The molecular formula is C19H22F3N3O. The molecule has 1 saturated carbocycles. The van der Waals surface area contributed by atoms with Crippen molar-refractivity contribution < 1.29 is 18.0 Å². The number of nitrogens with one attached hydrogen (secondary N) is 1. The van der Waals surface area contributed by atoms with Crippen LogP contribution in [0.3, 0.4) is 0 Å². The van der Waals surface area contributed by atoms with E-state index < -0.39 is 23.3 Å². The predicted octanol–water partition coefficient (Wildman–Crippen LogP) is 4.51. The summed E-state index contributed by atoms with van der Waals surface area (Å²) >= 11 is 0. The van der Waals surface area contributed by atoms with E-state index in [9.17, 15) is 18.0 Å². The topological polar surface area (TPSA) is 46.9 Å². The Morgan fingerprint density at radius 1 is 1.15 bits per heavy atom. The molecule has 0 radical (unpaired) electrons. The number of nitrogens with zero attached hydrogens (tertiary/aromatic N) is 2. The number of halogens is 3. The molecule has 1 heterocycles. The molecular weight excluding hydrogens is 343 g/mol. The van der Waals surface area contributed by atoms with Crippen LogP contribution < -0.4 is 5.32 Å². The standard InChI is InChI=1S/C19H22F3N3O/c1-12-3-7-14(8-4-12)24-18(26)16-11-23-25(17(16)19(20,21)22)15-9-5-13(2)6-10-15/h5-6,9-12,14H,3-4,7-8H2,1-2H3,(H,24,26). The Hall–Kier alpha value is -2.31. The molecule has 0 saturated heterocycles. The first-order valence-corrected chi connectivity index (χ1v) is 8.79. The maximum Gasteiger partial charge on any atom is 0.434 e. The fraction of sp³-hybridized carbons (Fsp3) is 0.474. The molecule has 140 valence electrons. The molecule has 7 heteroatoms. The lowest BCUT2D eigenvalue weighted by Crippen LogP contribution is -2.38. The highest BCUT2D eigenvalue weighted by molar-refractivity contribution is 5.95. The summed E-state index contributed by atoms with van der Waals surface area (Å²) in [5, 5.41) is 6.59. The number of hydrogen-bond acceptors (Lipinski definition) is 2. The zero-order valence-electron chi connectivity index (χ0n) is 14.8. The van der Waals surface area contributed by atoms with Gasteiger partial charge in [0, 0.05) is 6.04 Å². The zero-order chi connectivity index (χ0) is 18.9. The Balaban J connectivity index is 1.89. The molecule has 1 fully saturated rings. The summed E-state index contributed by atoms with van der Waals surface area (Å²) in [6.45, 7) is 3.99. The molecule has 1 aromatic heterocycles. The smallest absolute Gasteiger partial charge is 0.349 e. The highest BCUT2D eigenvalue weighted by atomic mass is 19.4. The third-order valence-electron chi connectivity index (χ3n) is 4.91. The second-order valence-electron chi connectivity index (χ2n) is 7.08. The summed E-state index contributed by atoms with van der Waals surface area (Å²) in [5.74, 6) is -0.117. The number of benzene rings is 1. The maximum atomic E-state index is 13.7. The van der Waals surface area contributed by atoms with Crippen LogP contribution >= 0.6 is 0 Å². The van der Waals surface area contributed by atoms with Gasteiger partial charge in [-0.05, 0) is 50.7 Å². The highest BCUT2D eigenvalue weighted by Gasteiger charge is 2.41. The van der Waals surface area contributed by atoms with E-state index in [0.717, 1.165) is 42.1 Å². The Bertz CT molecular complexity index is 772. The minimum absolute atomic E-state index is 0.0810. The average molecular weight is 365 g/mol. The van der Waals surface area contributed by atoms with Crippen LogP contribution in [0.25, 0.3) is 5.69 Å². The molecule has 1 amide bonds. The monoisotopic (exact) mass is 365 g/mol. The molecule has 0 aliphatic heterocycles. The van der Waals surface area contributed by atoms with Gasteiger partial charge in [0.25, 0.3) is 5.91 Å². The van der Waals surface area contributed by atoms with Crippen molar-refractivity contribution in [3.8, 4) is 5.69 Å². The molecule has 1 aliphatic carbocycles. The second-order valence-corrected chi connectivity index (χ2v) is 7.08. The summed E-state index contributed by atoms with van der Waals surface area (Å²) < 4.78 is 41.8. The van der Waals surface area contributed by atoms with Gasteiger partial charge in [-0.15, -0.1) is 0 Å². The van der Waals surface area contributed by atoms with Crippen LogP contribution in [0, 0.1) is 12.8 Å². The van der Waals surface area contributed by atoms with Crippen LogP contribution in [0.15, 0.2) is 30.5 Å². The van der Waals surface area contributed by atoms with Gasteiger partial charge in [-0.3, -0.25) is 4.79 Å². The normalized spacial score (nSPS) is 20.8. The van der Waals surface area contributed by atoms with Crippen LogP contribution in [0.4, 0.5) is 13.2 Å². The summed E-state index contributed by atoms with van der Waals surface area (Å²) in [6, 6.07) is 6.45. The van der Waals surface area contributed by atoms with Crippen molar-refractivity contribution in [1.82, 2.24) is 15.1 Å². The van der Waals surface area contributed by atoms with E-state index in [1.807, 2.05) is 6.92 Å². The van der Waals surface area contributed by atoms with E-state index in [1.165, 1.54) is 0 Å². The number of rotatable bonds is 3. The van der Waals surface area contributed by atoms with Gasteiger partial charge in [0.05, 0.1) is 17.4 Å². The van der Waals surface area contributed by atoms with Gasteiger partial charge in [-0.2, -0.15) is 18.3 Å². The Morgan fingerprint density at radius 2 is 1.77 bits per heavy atom. The molecule has 0 atom stereocenters. The second kappa shape index (κ2) is 7.13. The van der Waals surface area contributed by atoms with Crippen LogP contribution in [-0.2, 0) is 6.18 Å². The summed E-state index contributed by atoms with van der Waals surface area (Å²) in [4.78, 5) is 12.5. The average Bonchev–Trinajstić information content (AvgIpc) is 3.03. The number of alkyl halides is 3. The maximum absolute atomic E-state index is 13.7. The van der Waals surface area contributed by atoms with E-state index in [1.54, 1.807) is 24.3 Å². The predicted molar refractivity (Wildman–Crippen MR) is 92.2 cm³/mol. The third kappa shape index (κ3) is 3.92. The molecule has 1 N–H and O–H groups in total. The molecule has 0 unspecified atom stereocenters. The quantitative estimate of drug-likeness (QED) is 0.870. The molecule has 1 aromatic carbocycles. The van der Waals surface area contributed by atoms with Crippen molar-refractivity contribution in [2.24, 2.45) is 5.92 Å².